The van der Waals surface area contributed by atoms with Crippen molar-refractivity contribution in [2.75, 3.05) is 4.90 Å². The molecule has 0 fully saturated rings. The Labute approximate surface area is 334 Å². The summed E-state index contributed by atoms with van der Waals surface area (Å²) in [5.41, 5.74) is 15.5. The van der Waals surface area contributed by atoms with E-state index in [0.717, 1.165) is 17.1 Å². The number of benzene rings is 10. The molecule has 0 aliphatic heterocycles. The third-order valence-corrected chi connectivity index (χ3v) is 11.0. The van der Waals surface area contributed by atoms with Gasteiger partial charge in [0.15, 0.2) is 0 Å². The van der Waals surface area contributed by atoms with E-state index in [0.29, 0.717) is 0 Å². The van der Waals surface area contributed by atoms with Gasteiger partial charge in [0.05, 0.1) is 5.69 Å². The maximum atomic E-state index is 2.43. The minimum absolute atomic E-state index is 1.13. The highest BCUT2D eigenvalue weighted by atomic mass is 15.1. The summed E-state index contributed by atoms with van der Waals surface area (Å²) in [6.45, 7) is 0. The third kappa shape index (κ3) is 6.36. The van der Waals surface area contributed by atoms with E-state index >= 15 is 0 Å². The van der Waals surface area contributed by atoms with E-state index in [1.165, 1.54) is 77.2 Å². The summed E-state index contributed by atoms with van der Waals surface area (Å²) < 4.78 is 0. The SMILES string of the molecule is c1ccc(-c2c(-c3ccccc3)c(-c3ccccc3)c3cc(-c4ccc5c(N(c6ccccc6)c6ccccc6)cccc5c4)ccc3c2-c2ccccc2)cc1. The first kappa shape index (κ1) is 34.0. The van der Waals surface area contributed by atoms with Crippen molar-refractivity contribution in [3.8, 4) is 55.6 Å². The number of anilines is 3. The molecule has 10 aromatic rings. The fourth-order valence-corrected chi connectivity index (χ4v) is 8.49. The van der Waals surface area contributed by atoms with Crippen LogP contribution in [0.4, 0.5) is 17.1 Å². The highest BCUT2D eigenvalue weighted by molar-refractivity contribution is 6.19. The smallest absolute Gasteiger partial charge is 0.0540 e. The van der Waals surface area contributed by atoms with E-state index in [2.05, 4.69) is 241 Å². The van der Waals surface area contributed by atoms with Gasteiger partial charge in [-0.15, -0.1) is 0 Å². The van der Waals surface area contributed by atoms with Crippen LogP contribution in [0.2, 0.25) is 0 Å². The monoisotopic (exact) mass is 725 g/mol. The molecule has 0 saturated carbocycles. The van der Waals surface area contributed by atoms with E-state index in [4.69, 9.17) is 0 Å². The lowest BCUT2D eigenvalue weighted by molar-refractivity contribution is 1.30. The number of para-hydroxylation sites is 2. The summed E-state index contributed by atoms with van der Waals surface area (Å²) in [7, 11) is 0. The lowest BCUT2D eigenvalue weighted by atomic mass is 9.78. The zero-order valence-corrected chi connectivity index (χ0v) is 31.5. The summed E-state index contributed by atoms with van der Waals surface area (Å²) in [6.07, 6.45) is 0. The highest BCUT2D eigenvalue weighted by Gasteiger charge is 2.24. The molecule has 0 atom stereocenters. The van der Waals surface area contributed by atoms with Crippen molar-refractivity contribution in [1.82, 2.24) is 0 Å². The minimum atomic E-state index is 1.13. The normalized spacial score (nSPS) is 11.2. The Kier molecular flexibility index (Phi) is 8.95. The zero-order chi connectivity index (χ0) is 38.0. The van der Waals surface area contributed by atoms with Gasteiger partial charge in [0.25, 0.3) is 0 Å². The van der Waals surface area contributed by atoms with Gasteiger partial charge < -0.3 is 4.90 Å². The molecule has 0 N–H and O–H groups in total. The molecule has 0 spiro atoms. The van der Waals surface area contributed by atoms with Crippen LogP contribution in [0, 0.1) is 0 Å². The van der Waals surface area contributed by atoms with Crippen LogP contribution in [0.5, 0.6) is 0 Å². The summed E-state index contributed by atoms with van der Waals surface area (Å²) in [6, 6.07) is 85.6. The zero-order valence-electron chi connectivity index (χ0n) is 31.5. The average molecular weight is 726 g/mol. The molecule has 1 nitrogen and oxygen atoms in total. The molecule has 0 bridgehead atoms. The topological polar surface area (TPSA) is 3.24 Å². The largest absolute Gasteiger partial charge is 0.310 e. The Morgan fingerprint density at radius 3 is 1.09 bits per heavy atom. The fourth-order valence-electron chi connectivity index (χ4n) is 8.49. The van der Waals surface area contributed by atoms with Crippen molar-refractivity contribution in [3.05, 3.63) is 237 Å². The van der Waals surface area contributed by atoms with Gasteiger partial charge >= 0.3 is 0 Å². The summed E-state index contributed by atoms with van der Waals surface area (Å²) in [5.74, 6) is 0. The van der Waals surface area contributed by atoms with E-state index in [1.807, 2.05) is 0 Å². The lowest BCUT2D eigenvalue weighted by Gasteiger charge is -2.27. The van der Waals surface area contributed by atoms with Crippen LogP contribution in [-0.4, -0.2) is 0 Å². The quantitative estimate of drug-likeness (QED) is 0.151. The molecule has 0 heterocycles. The van der Waals surface area contributed by atoms with Crippen LogP contribution in [0.1, 0.15) is 0 Å². The molecule has 0 aliphatic rings. The van der Waals surface area contributed by atoms with Gasteiger partial charge in [0, 0.05) is 16.8 Å². The van der Waals surface area contributed by atoms with Crippen LogP contribution in [0.3, 0.4) is 0 Å². The first-order valence-electron chi connectivity index (χ1n) is 19.6. The summed E-state index contributed by atoms with van der Waals surface area (Å²) >= 11 is 0. The molecule has 268 valence electrons. The lowest BCUT2D eigenvalue weighted by Crippen LogP contribution is -2.10. The Balaban J connectivity index is 1.24. The second-order valence-electron chi connectivity index (χ2n) is 14.4. The van der Waals surface area contributed by atoms with Crippen molar-refractivity contribution in [1.29, 1.82) is 0 Å². The molecule has 0 saturated heterocycles. The van der Waals surface area contributed by atoms with Crippen molar-refractivity contribution >= 4 is 38.6 Å². The third-order valence-electron chi connectivity index (χ3n) is 11.0. The Bertz CT molecular complexity index is 2920. The number of fused-ring (bicyclic) bond motifs is 2. The Hall–Kier alpha value is -7.48. The molecule has 0 radical (unpaired) electrons. The maximum Gasteiger partial charge on any atom is 0.0540 e. The molecule has 0 amide bonds. The van der Waals surface area contributed by atoms with E-state index in [-0.39, 0.29) is 0 Å². The predicted octanol–water partition coefficient (Wildman–Crippen LogP) is 15.8. The Morgan fingerprint density at radius 2 is 0.614 bits per heavy atom. The molecular formula is C56H39N. The van der Waals surface area contributed by atoms with E-state index in [1.54, 1.807) is 0 Å². The molecule has 10 aromatic carbocycles. The summed E-state index contributed by atoms with van der Waals surface area (Å²) in [5, 5.41) is 4.85. The highest BCUT2D eigenvalue weighted by Crippen LogP contribution is 2.51. The van der Waals surface area contributed by atoms with Crippen molar-refractivity contribution in [2.45, 2.75) is 0 Å². The van der Waals surface area contributed by atoms with Crippen LogP contribution in [0.25, 0.3) is 77.2 Å². The van der Waals surface area contributed by atoms with Crippen LogP contribution in [-0.2, 0) is 0 Å². The molecule has 0 aliphatic carbocycles. The first-order valence-corrected chi connectivity index (χ1v) is 19.6. The van der Waals surface area contributed by atoms with Crippen LogP contribution in [0.15, 0.2) is 237 Å². The number of rotatable bonds is 8. The summed E-state index contributed by atoms with van der Waals surface area (Å²) in [4.78, 5) is 2.35. The standard InChI is InChI=1S/C56H39N/c1-7-20-40(21-8-1)53-50-37-35-45(44-34-36-49-46(38-44)28-19-33-52(49)57(47-29-15-5-16-30-47)48-31-17-6-18-32-48)39-51(50)54(41-22-9-2-10-23-41)56(43-26-13-4-14-27-43)55(53)42-24-11-3-12-25-42/h1-39H. The van der Waals surface area contributed by atoms with Gasteiger partial charge in [-0.05, 0) is 114 Å². The van der Waals surface area contributed by atoms with Crippen molar-refractivity contribution in [3.63, 3.8) is 0 Å². The average Bonchev–Trinajstić information content (AvgIpc) is 3.30. The molecule has 57 heavy (non-hydrogen) atoms. The molecular weight excluding hydrogens is 687 g/mol. The first-order chi connectivity index (χ1) is 28.3. The molecule has 10 rings (SSSR count). The molecule has 0 unspecified atom stereocenters. The second kappa shape index (κ2) is 15.0. The second-order valence-corrected chi connectivity index (χ2v) is 14.4. The van der Waals surface area contributed by atoms with Gasteiger partial charge in [-0.2, -0.15) is 0 Å². The number of hydrogen-bond acceptors (Lipinski definition) is 1. The number of hydrogen-bond donors (Lipinski definition) is 0. The number of nitrogens with zero attached hydrogens (tertiary/aromatic N) is 1. The van der Waals surface area contributed by atoms with Gasteiger partial charge in [-0.3, -0.25) is 0 Å². The fraction of sp³-hybridized carbons (Fsp3) is 0. The van der Waals surface area contributed by atoms with Crippen molar-refractivity contribution in [2.24, 2.45) is 0 Å². The van der Waals surface area contributed by atoms with Crippen molar-refractivity contribution < 1.29 is 0 Å². The van der Waals surface area contributed by atoms with Crippen LogP contribution >= 0.6 is 0 Å². The van der Waals surface area contributed by atoms with Gasteiger partial charge in [-0.1, -0.05) is 194 Å². The predicted molar refractivity (Wildman–Crippen MR) is 243 cm³/mol. The minimum Gasteiger partial charge on any atom is -0.310 e. The van der Waals surface area contributed by atoms with Gasteiger partial charge in [0.2, 0.25) is 0 Å². The maximum absolute atomic E-state index is 2.43. The van der Waals surface area contributed by atoms with Crippen LogP contribution < -0.4 is 4.90 Å². The van der Waals surface area contributed by atoms with Gasteiger partial charge in [0.1, 0.15) is 0 Å². The molecule has 1 heteroatoms. The van der Waals surface area contributed by atoms with E-state index < -0.39 is 0 Å². The van der Waals surface area contributed by atoms with Gasteiger partial charge in [-0.25, -0.2) is 0 Å². The molecule has 0 aromatic heterocycles. The Morgan fingerprint density at radius 1 is 0.228 bits per heavy atom. The van der Waals surface area contributed by atoms with E-state index in [9.17, 15) is 0 Å².